The third-order valence-corrected chi connectivity index (χ3v) is 6.78. The van der Waals surface area contributed by atoms with Gasteiger partial charge in [0.25, 0.3) is 11.5 Å². The van der Waals surface area contributed by atoms with Crippen LogP contribution in [-0.4, -0.2) is 35.0 Å². The van der Waals surface area contributed by atoms with E-state index in [-0.39, 0.29) is 17.5 Å². The molecule has 39 heavy (non-hydrogen) atoms. The molecular formula is C32H47N5O2. The third kappa shape index (κ3) is 10.3. The summed E-state index contributed by atoms with van der Waals surface area (Å²) in [6.45, 7) is 9.70. The van der Waals surface area contributed by atoms with Gasteiger partial charge in [0.2, 0.25) is 0 Å². The first kappa shape index (κ1) is 31.8. The molecule has 1 amide bonds. The molecule has 3 rings (SSSR count). The summed E-state index contributed by atoms with van der Waals surface area (Å²) in [7, 11) is 0. The highest BCUT2D eigenvalue weighted by Gasteiger charge is 2.16. The quantitative estimate of drug-likeness (QED) is 0.163. The Morgan fingerprint density at radius 1 is 1.03 bits per heavy atom. The number of hydrogen-bond donors (Lipinski definition) is 3. The Labute approximate surface area is 233 Å². The van der Waals surface area contributed by atoms with E-state index in [4.69, 9.17) is 5.73 Å². The Balaban J connectivity index is 0.000000673. The number of aromatic nitrogens is 2. The van der Waals surface area contributed by atoms with Crippen LogP contribution in [-0.2, 0) is 6.42 Å². The highest BCUT2D eigenvalue weighted by molar-refractivity contribution is 5.94. The maximum Gasteiger partial charge on any atom is 0.275 e. The average Bonchev–Trinajstić information content (AvgIpc) is 3.25. The Kier molecular flexibility index (Phi) is 14.6. The van der Waals surface area contributed by atoms with E-state index in [1.807, 2.05) is 43.3 Å². The molecule has 0 saturated carbocycles. The number of aryl methyl sites for hydroxylation is 2. The molecule has 212 valence electrons. The molecule has 0 aliphatic rings. The molecule has 0 aliphatic heterocycles. The largest absolute Gasteiger partial charge is 0.352 e. The number of nitrogens with one attached hydrogen (secondary N) is 2. The van der Waals surface area contributed by atoms with Crippen LogP contribution in [0.3, 0.4) is 0 Å². The number of nitrogens with zero attached hydrogens (tertiary/aromatic N) is 2. The molecular weight excluding hydrogens is 486 g/mol. The van der Waals surface area contributed by atoms with E-state index in [2.05, 4.69) is 42.2 Å². The van der Waals surface area contributed by atoms with E-state index in [0.717, 1.165) is 49.2 Å². The fourth-order valence-electron chi connectivity index (χ4n) is 4.38. The maximum atomic E-state index is 13.1. The Bertz CT molecular complexity index is 1190. The van der Waals surface area contributed by atoms with E-state index in [9.17, 15) is 9.59 Å². The van der Waals surface area contributed by atoms with Gasteiger partial charge in [-0.05, 0) is 69.3 Å². The third-order valence-electron chi connectivity index (χ3n) is 6.78. The van der Waals surface area contributed by atoms with Crippen molar-refractivity contribution in [3.63, 3.8) is 0 Å². The molecule has 7 heteroatoms. The van der Waals surface area contributed by atoms with Gasteiger partial charge in [0.1, 0.15) is 0 Å². The van der Waals surface area contributed by atoms with E-state index < -0.39 is 0 Å². The first-order valence-electron chi connectivity index (χ1n) is 14.4. The number of carbonyl (C=O) groups excluding carboxylic acids is 1. The first-order chi connectivity index (χ1) is 19.0. The van der Waals surface area contributed by atoms with E-state index in [1.165, 1.54) is 25.7 Å². The molecule has 2 aromatic carbocycles. The molecule has 0 aliphatic carbocycles. The van der Waals surface area contributed by atoms with Crippen molar-refractivity contribution in [2.45, 2.75) is 85.1 Å². The standard InChI is InChI=1S/C26H32N4O2.C6H15N/c1-4-20-12-9-10-16-24(20)28-18-23-19(3)29-30(26(23)32)22(5-2)15-11-17-27-25(31)21-13-7-6-8-14-21;1-2-3-4-5-6-7/h6-10,12-14,16,18,22,29H,4-5,11,15,17H2,1-3H3,(H,27,31);2-7H2,1H3. The van der Waals surface area contributed by atoms with E-state index in [0.29, 0.717) is 17.7 Å². The van der Waals surface area contributed by atoms with Gasteiger partial charge in [-0.15, -0.1) is 0 Å². The lowest BCUT2D eigenvalue weighted by Gasteiger charge is -2.16. The lowest BCUT2D eigenvalue weighted by Crippen LogP contribution is -2.27. The summed E-state index contributed by atoms with van der Waals surface area (Å²) in [5.74, 6) is -0.0719. The molecule has 0 saturated heterocycles. The van der Waals surface area contributed by atoms with Crippen LogP contribution in [0.5, 0.6) is 0 Å². The zero-order chi connectivity index (χ0) is 28.5. The van der Waals surface area contributed by atoms with Crippen LogP contribution in [0.2, 0.25) is 0 Å². The smallest absolute Gasteiger partial charge is 0.275 e. The summed E-state index contributed by atoms with van der Waals surface area (Å²) in [4.78, 5) is 29.8. The van der Waals surface area contributed by atoms with Gasteiger partial charge < -0.3 is 11.1 Å². The van der Waals surface area contributed by atoms with Crippen molar-refractivity contribution in [2.24, 2.45) is 10.7 Å². The summed E-state index contributed by atoms with van der Waals surface area (Å²) in [5, 5.41) is 6.18. The number of hydrogen-bond acceptors (Lipinski definition) is 4. The highest BCUT2D eigenvalue weighted by Crippen LogP contribution is 2.20. The number of amides is 1. The lowest BCUT2D eigenvalue weighted by molar-refractivity contribution is 0.0952. The summed E-state index contributed by atoms with van der Waals surface area (Å²) in [5.41, 5.74) is 9.31. The van der Waals surface area contributed by atoms with Crippen molar-refractivity contribution in [3.8, 4) is 0 Å². The van der Waals surface area contributed by atoms with Gasteiger partial charge in [-0.25, -0.2) is 4.68 Å². The zero-order valence-corrected chi connectivity index (χ0v) is 24.2. The zero-order valence-electron chi connectivity index (χ0n) is 24.2. The summed E-state index contributed by atoms with van der Waals surface area (Å²) >= 11 is 0. The van der Waals surface area contributed by atoms with Gasteiger partial charge in [0.05, 0.1) is 17.3 Å². The minimum atomic E-state index is -0.0719. The number of H-pyrrole nitrogens is 1. The number of para-hydroxylation sites is 1. The van der Waals surface area contributed by atoms with Crippen LogP contribution in [0.1, 0.15) is 98.9 Å². The van der Waals surface area contributed by atoms with Gasteiger partial charge >= 0.3 is 0 Å². The fourth-order valence-corrected chi connectivity index (χ4v) is 4.38. The second kappa shape index (κ2) is 17.9. The van der Waals surface area contributed by atoms with Gasteiger partial charge in [-0.1, -0.05) is 76.4 Å². The molecule has 3 aromatic rings. The summed E-state index contributed by atoms with van der Waals surface area (Å²) < 4.78 is 1.71. The SMILES string of the molecule is CCCCCCN.CCc1ccccc1N=Cc1c(C)[nH]n(C(CC)CCCNC(=O)c2ccccc2)c1=O. The molecule has 1 atom stereocenters. The summed E-state index contributed by atoms with van der Waals surface area (Å²) in [6.07, 6.45) is 10.1. The predicted molar refractivity (Wildman–Crippen MR) is 163 cm³/mol. The molecule has 1 unspecified atom stereocenters. The van der Waals surface area contributed by atoms with Crippen molar-refractivity contribution < 1.29 is 4.79 Å². The van der Waals surface area contributed by atoms with Gasteiger partial charge in [-0.2, -0.15) is 0 Å². The van der Waals surface area contributed by atoms with E-state index >= 15 is 0 Å². The number of aromatic amines is 1. The minimum absolute atomic E-state index is 0.0416. The Morgan fingerprint density at radius 2 is 1.74 bits per heavy atom. The number of benzene rings is 2. The van der Waals surface area contributed by atoms with Crippen molar-refractivity contribution in [1.82, 2.24) is 15.1 Å². The first-order valence-corrected chi connectivity index (χ1v) is 14.4. The fraction of sp³-hybridized carbons (Fsp3) is 0.469. The van der Waals surface area contributed by atoms with Crippen LogP contribution in [0.4, 0.5) is 5.69 Å². The lowest BCUT2D eigenvalue weighted by atomic mass is 10.1. The topological polar surface area (TPSA) is 105 Å². The Hall–Kier alpha value is -3.45. The van der Waals surface area contributed by atoms with Gasteiger partial charge in [0.15, 0.2) is 0 Å². The van der Waals surface area contributed by atoms with Crippen molar-refractivity contribution >= 4 is 17.8 Å². The molecule has 0 fully saturated rings. The van der Waals surface area contributed by atoms with Crippen molar-refractivity contribution in [2.75, 3.05) is 13.1 Å². The van der Waals surface area contributed by atoms with Crippen LogP contribution in [0.15, 0.2) is 64.4 Å². The van der Waals surface area contributed by atoms with E-state index in [1.54, 1.807) is 23.0 Å². The molecule has 4 N–H and O–H groups in total. The van der Waals surface area contributed by atoms with Crippen molar-refractivity contribution in [1.29, 1.82) is 0 Å². The minimum Gasteiger partial charge on any atom is -0.352 e. The van der Waals surface area contributed by atoms with Gasteiger partial charge in [0, 0.05) is 24.0 Å². The molecule has 0 bridgehead atoms. The number of aliphatic imine (C=N–C) groups is 1. The van der Waals surface area contributed by atoms with Crippen LogP contribution >= 0.6 is 0 Å². The van der Waals surface area contributed by atoms with Crippen LogP contribution in [0, 0.1) is 6.92 Å². The normalized spacial score (nSPS) is 11.7. The number of unbranched alkanes of at least 4 members (excludes halogenated alkanes) is 3. The average molecular weight is 534 g/mol. The maximum absolute atomic E-state index is 13.1. The highest BCUT2D eigenvalue weighted by atomic mass is 16.1. The second-order valence-corrected chi connectivity index (χ2v) is 9.74. The number of rotatable bonds is 14. The number of nitrogens with two attached hydrogens (primary N) is 1. The van der Waals surface area contributed by atoms with Crippen molar-refractivity contribution in [3.05, 3.63) is 87.3 Å². The van der Waals surface area contributed by atoms with Crippen LogP contribution in [0.25, 0.3) is 0 Å². The number of carbonyl (C=O) groups is 1. The monoisotopic (exact) mass is 533 g/mol. The van der Waals surface area contributed by atoms with Gasteiger partial charge in [-0.3, -0.25) is 19.7 Å². The molecule has 1 aromatic heterocycles. The molecule has 7 nitrogen and oxygen atoms in total. The second-order valence-electron chi connectivity index (χ2n) is 9.74. The molecule has 0 radical (unpaired) electrons. The van der Waals surface area contributed by atoms with Crippen LogP contribution < -0.4 is 16.6 Å². The molecule has 1 heterocycles. The molecule has 0 spiro atoms. The predicted octanol–water partition coefficient (Wildman–Crippen LogP) is 6.48. The Morgan fingerprint density at radius 3 is 2.41 bits per heavy atom. The summed E-state index contributed by atoms with van der Waals surface area (Å²) in [6, 6.07) is 17.2.